The molecule has 296 valence electrons. The highest BCUT2D eigenvalue weighted by atomic mass is 15.2. The predicted molar refractivity (Wildman–Crippen MR) is 257 cm³/mol. The van der Waals surface area contributed by atoms with Crippen LogP contribution in [0.15, 0.2) is 217 Å². The predicted octanol–water partition coefficient (Wildman–Crippen LogP) is 15.2. The molecule has 61 heavy (non-hydrogen) atoms. The molecule has 0 N–H and O–H groups in total. The monoisotopic (exact) mass is 787 g/mol. The molecule has 0 aromatic heterocycles. The zero-order chi connectivity index (χ0) is 41.0. The van der Waals surface area contributed by atoms with E-state index in [1.54, 1.807) is 0 Å². The van der Waals surface area contributed by atoms with Crippen molar-refractivity contribution in [1.29, 1.82) is 0 Å². The molecule has 1 unspecified atom stereocenters. The van der Waals surface area contributed by atoms with E-state index in [0.29, 0.717) is 5.92 Å². The van der Waals surface area contributed by atoms with Crippen molar-refractivity contribution in [1.82, 2.24) is 0 Å². The fourth-order valence-corrected chi connectivity index (χ4v) is 9.26. The van der Waals surface area contributed by atoms with Crippen LogP contribution < -0.4 is 9.80 Å². The van der Waals surface area contributed by atoms with Crippen LogP contribution in [0.25, 0.3) is 16.7 Å². The minimum Gasteiger partial charge on any atom is -0.336 e. The van der Waals surface area contributed by atoms with Gasteiger partial charge in [0.2, 0.25) is 0 Å². The molecule has 1 atom stereocenters. The lowest BCUT2D eigenvalue weighted by atomic mass is 9.83. The number of anilines is 5. The molecule has 8 aromatic rings. The molecule has 3 nitrogen and oxygen atoms in total. The van der Waals surface area contributed by atoms with Gasteiger partial charge >= 0.3 is 0 Å². The van der Waals surface area contributed by atoms with Gasteiger partial charge in [-0.3, -0.25) is 4.99 Å². The van der Waals surface area contributed by atoms with Gasteiger partial charge < -0.3 is 9.80 Å². The van der Waals surface area contributed by atoms with Gasteiger partial charge in [-0.2, -0.15) is 0 Å². The highest BCUT2D eigenvalue weighted by Gasteiger charge is 2.27. The van der Waals surface area contributed by atoms with Crippen LogP contribution in [0.1, 0.15) is 52.6 Å². The fraction of sp³-hybridized carbons (Fsp3) is 0.121. The molecule has 0 saturated heterocycles. The zero-order valence-corrected chi connectivity index (χ0v) is 34.7. The third-order valence-corrected chi connectivity index (χ3v) is 12.5. The molecule has 3 heteroatoms. The summed E-state index contributed by atoms with van der Waals surface area (Å²) in [5, 5.41) is 0. The smallest absolute Gasteiger partial charge is 0.0665 e. The second-order valence-electron chi connectivity index (χ2n) is 16.4. The van der Waals surface area contributed by atoms with E-state index in [9.17, 15) is 0 Å². The maximum Gasteiger partial charge on any atom is 0.0665 e. The van der Waals surface area contributed by atoms with Crippen molar-refractivity contribution in [2.24, 2.45) is 4.99 Å². The first kappa shape index (κ1) is 38.0. The summed E-state index contributed by atoms with van der Waals surface area (Å²) in [6, 6.07) is 75.4. The highest BCUT2D eigenvalue weighted by molar-refractivity contribution is 6.12. The molecule has 8 aromatic carbocycles. The van der Waals surface area contributed by atoms with Crippen molar-refractivity contribution in [3.05, 3.63) is 245 Å². The van der Waals surface area contributed by atoms with Crippen molar-refractivity contribution < 1.29 is 0 Å². The summed E-state index contributed by atoms with van der Waals surface area (Å²) in [6.45, 7) is 3.01. The second kappa shape index (κ2) is 17.2. The Bertz CT molecular complexity index is 2790. The lowest BCUT2D eigenvalue weighted by Crippen LogP contribution is -2.22. The molecule has 2 aliphatic rings. The minimum atomic E-state index is 0.350. The summed E-state index contributed by atoms with van der Waals surface area (Å²) in [5.74, 6) is 0.350. The molecular weight excluding hydrogens is 739 g/mol. The van der Waals surface area contributed by atoms with Gasteiger partial charge in [-0.25, -0.2) is 0 Å². The standard InChI is InChI=1S/C58H49N3/c1-42-36-48-20-14-15-25-57(48)59-40-56(42)45-28-32-50(33-29-45)60-41-49-30-34-53(61(51-21-10-4-11-22-51)52-23-12-5-13-24-52)39-54(49)55-38-47(31-35-58(55)60)46(37-44-18-8-3-9-19-44)27-26-43-16-6-2-7-17-43/h2-25,28-35,38-40,46H,26-27,36-37,41H2,1H3. The van der Waals surface area contributed by atoms with Crippen LogP contribution in [-0.4, -0.2) is 6.21 Å². The van der Waals surface area contributed by atoms with E-state index in [-0.39, 0.29) is 0 Å². The van der Waals surface area contributed by atoms with Gasteiger partial charge in [0.15, 0.2) is 0 Å². The van der Waals surface area contributed by atoms with Crippen molar-refractivity contribution in [2.45, 2.75) is 45.1 Å². The molecule has 0 bridgehead atoms. The summed E-state index contributed by atoms with van der Waals surface area (Å²) in [7, 11) is 0. The van der Waals surface area contributed by atoms with Crippen molar-refractivity contribution >= 4 is 45.9 Å². The lowest BCUT2D eigenvalue weighted by Gasteiger charge is -2.35. The molecule has 10 rings (SSSR count). The van der Waals surface area contributed by atoms with Crippen LogP contribution in [-0.2, 0) is 25.8 Å². The van der Waals surface area contributed by atoms with E-state index in [4.69, 9.17) is 4.99 Å². The first-order valence-electron chi connectivity index (χ1n) is 21.6. The molecule has 0 spiro atoms. The number of fused-ring (bicyclic) bond motifs is 4. The first-order chi connectivity index (χ1) is 30.1. The summed E-state index contributed by atoms with van der Waals surface area (Å²) in [5.41, 5.74) is 19.9. The average Bonchev–Trinajstić information content (AvgIpc) is 3.49. The number of hydrogen-bond donors (Lipinski definition) is 0. The van der Waals surface area contributed by atoms with Crippen molar-refractivity contribution in [2.75, 3.05) is 9.80 Å². The number of rotatable bonds is 11. The molecule has 0 fully saturated rings. The molecule has 0 saturated carbocycles. The van der Waals surface area contributed by atoms with Crippen LogP contribution in [0.5, 0.6) is 0 Å². The topological polar surface area (TPSA) is 18.8 Å². The van der Waals surface area contributed by atoms with E-state index in [1.807, 2.05) is 0 Å². The Labute approximate surface area is 360 Å². The van der Waals surface area contributed by atoms with Crippen LogP contribution in [0.2, 0.25) is 0 Å². The van der Waals surface area contributed by atoms with Crippen molar-refractivity contribution in [3.8, 4) is 11.1 Å². The fourth-order valence-electron chi connectivity index (χ4n) is 9.26. The normalized spacial score (nSPS) is 13.5. The van der Waals surface area contributed by atoms with E-state index < -0.39 is 0 Å². The minimum absolute atomic E-state index is 0.350. The van der Waals surface area contributed by atoms with E-state index in [2.05, 4.69) is 229 Å². The first-order valence-corrected chi connectivity index (χ1v) is 21.6. The highest BCUT2D eigenvalue weighted by Crippen LogP contribution is 2.47. The SMILES string of the molecule is CC1=C(c2ccc(N3Cc4ccc(N(c5ccccc5)c5ccccc5)cc4-c4cc(C(CCc5ccccc5)Cc5ccccc5)ccc43)cc2)C=Nc2ccccc2C1. The number of para-hydroxylation sites is 3. The lowest BCUT2D eigenvalue weighted by molar-refractivity contribution is 0.621. The largest absolute Gasteiger partial charge is 0.336 e. The Balaban J connectivity index is 1.06. The van der Waals surface area contributed by atoms with Crippen molar-refractivity contribution in [3.63, 3.8) is 0 Å². The third-order valence-electron chi connectivity index (χ3n) is 12.5. The Morgan fingerprint density at radius 1 is 0.557 bits per heavy atom. The molecular formula is C58H49N3. The van der Waals surface area contributed by atoms with Gasteiger partial charge in [-0.05, 0) is 150 Å². The quantitative estimate of drug-likeness (QED) is 0.130. The maximum atomic E-state index is 4.90. The number of aliphatic imine (C=N–C) groups is 1. The summed E-state index contributed by atoms with van der Waals surface area (Å²) in [6.07, 6.45) is 6.04. The molecule has 2 aliphatic heterocycles. The van der Waals surface area contributed by atoms with Gasteiger partial charge in [0, 0.05) is 46.8 Å². The van der Waals surface area contributed by atoms with Crippen LogP contribution >= 0.6 is 0 Å². The van der Waals surface area contributed by atoms with Gasteiger partial charge in [0.05, 0.1) is 5.69 Å². The Kier molecular flexibility index (Phi) is 10.7. The Morgan fingerprint density at radius 2 is 1.20 bits per heavy atom. The van der Waals surface area contributed by atoms with Crippen LogP contribution in [0.3, 0.4) is 0 Å². The van der Waals surface area contributed by atoms with E-state index >= 15 is 0 Å². The third kappa shape index (κ3) is 8.08. The summed E-state index contributed by atoms with van der Waals surface area (Å²) < 4.78 is 0. The van der Waals surface area contributed by atoms with Gasteiger partial charge in [0.1, 0.15) is 0 Å². The van der Waals surface area contributed by atoms with E-state index in [1.165, 1.54) is 67.0 Å². The van der Waals surface area contributed by atoms with Gasteiger partial charge in [-0.15, -0.1) is 0 Å². The molecule has 0 aliphatic carbocycles. The number of hydrogen-bond acceptors (Lipinski definition) is 3. The second-order valence-corrected chi connectivity index (χ2v) is 16.4. The molecule has 0 radical (unpaired) electrons. The van der Waals surface area contributed by atoms with Gasteiger partial charge in [0.25, 0.3) is 0 Å². The van der Waals surface area contributed by atoms with Crippen LogP contribution in [0, 0.1) is 0 Å². The Hall–Kier alpha value is -7.23. The summed E-state index contributed by atoms with van der Waals surface area (Å²) >= 11 is 0. The molecule has 0 amide bonds. The van der Waals surface area contributed by atoms with E-state index in [0.717, 1.165) is 55.0 Å². The zero-order valence-electron chi connectivity index (χ0n) is 34.7. The summed E-state index contributed by atoms with van der Waals surface area (Å²) in [4.78, 5) is 9.78. The number of aryl methyl sites for hydroxylation is 1. The number of nitrogens with zero attached hydrogens (tertiary/aromatic N) is 3. The number of allylic oxidation sites excluding steroid dienone is 2. The number of benzene rings is 8. The van der Waals surface area contributed by atoms with Crippen LogP contribution in [0.4, 0.5) is 34.1 Å². The maximum absolute atomic E-state index is 4.90. The van der Waals surface area contributed by atoms with Gasteiger partial charge in [-0.1, -0.05) is 145 Å². The Morgan fingerprint density at radius 3 is 1.90 bits per heavy atom. The average molecular weight is 788 g/mol. The molecule has 2 heterocycles.